The van der Waals surface area contributed by atoms with E-state index in [1.165, 1.54) is 12.8 Å². The molecule has 0 spiro atoms. The van der Waals surface area contributed by atoms with Crippen LogP contribution in [0.25, 0.3) is 0 Å². The molecule has 1 aliphatic rings. The third kappa shape index (κ3) is 4.84. The minimum atomic E-state index is -0.415. The molecule has 1 amide bonds. The normalized spacial score (nSPS) is 24.7. The Hall–Kier alpha value is -0.770. The summed E-state index contributed by atoms with van der Waals surface area (Å²) in [4.78, 5) is 13.7. The molecule has 1 saturated carbocycles. The number of carbonyl (C=O) groups is 1. The molecule has 0 aromatic carbocycles. The van der Waals surface area contributed by atoms with Gasteiger partial charge >= 0.3 is 6.09 Å². The van der Waals surface area contributed by atoms with Crippen LogP contribution < -0.4 is 5.73 Å². The third-order valence-corrected chi connectivity index (χ3v) is 3.62. The van der Waals surface area contributed by atoms with Gasteiger partial charge in [-0.15, -0.1) is 0 Å². The number of nitrogens with two attached hydrogens (primary N) is 1. The van der Waals surface area contributed by atoms with Gasteiger partial charge in [-0.05, 0) is 65.3 Å². The highest BCUT2D eigenvalue weighted by Crippen LogP contribution is 2.29. The number of nitrogens with zero attached hydrogens (tertiary/aromatic N) is 1. The fourth-order valence-electron chi connectivity index (χ4n) is 2.54. The third-order valence-electron chi connectivity index (χ3n) is 3.62. The fraction of sp³-hybridized carbons (Fsp3) is 0.929. The molecule has 4 nitrogen and oxygen atoms in total. The van der Waals surface area contributed by atoms with E-state index in [0.29, 0.717) is 6.04 Å². The molecule has 0 atom stereocenters. The Morgan fingerprint density at radius 3 is 2.28 bits per heavy atom. The highest BCUT2D eigenvalue weighted by molar-refractivity contribution is 5.68. The highest BCUT2D eigenvalue weighted by Gasteiger charge is 2.28. The van der Waals surface area contributed by atoms with Gasteiger partial charge in [0.15, 0.2) is 0 Å². The molecule has 0 aromatic rings. The molecular formula is C14H28N2O2. The standard InChI is InChI=1S/C14H28N2O2/c1-14(2,3)18-13(17)16(4)12-7-5-11(6-8-12)9-10-15/h11-12H,5-10,15H2,1-4H3/t11-,12+. The number of hydrogen-bond acceptors (Lipinski definition) is 3. The quantitative estimate of drug-likeness (QED) is 0.844. The van der Waals surface area contributed by atoms with Gasteiger partial charge in [0.2, 0.25) is 0 Å². The van der Waals surface area contributed by atoms with Gasteiger partial charge in [0.05, 0.1) is 0 Å². The van der Waals surface area contributed by atoms with E-state index in [1.54, 1.807) is 4.90 Å². The summed E-state index contributed by atoms with van der Waals surface area (Å²) in [6, 6.07) is 0.328. The smallest absolute Gasteiger partial charge is 0.410 e. The number of hydrogen-bond donors (Lipinski definition) is 1. The second-order valence-corrected chi connectivity index (χ2v) is 6.34. The van der Waals surface area contributed by atoms with Gasteiger partial charge in [-0.2, -0.15) is 0 Å². The van der Waals surface area contributed by atoms with Gasteiger partial charge < -0.3 is 15.4 Å². The van der Waals surface area contributed by atoms with Crippen LogP contribution in [-0.4, -0.2) is 36.2 Å². The van der Waals surface area contributed by atoms with Crippen molar-refractivity contribution in [2.45, 2.75) is 64.5 Å². The predicted molar refractivity (Wildman–Crippen MR) is 73.4 cm³/mol. The molecule has 2 N–H and O–H groups in total. The van der Waals surface area contributed by atoms with Crippen molar-refractivity contribution in [2.24, 2.45) is 11.7 Å². The summed E-state index contributed by atoms with van der Waals surface area (Å²) < 4.78 is 5.39. The molecule has 0 unspecified atom stereocenters. The van der Waals surface area contributed by atoms with E-state index in [2.05, 4.69) is 0 Å². The maximum absolute atomic E-state index is 11.9. The Morgan fingerprint density at radius 2 is 1.83 bits per heavy atom. The summed E-state index contributed by atoms with van der Waals surface area (Å²) in [6.45, 7) is 6.47. The lowest BCUT2D eigenvalue weighted by molar-refractivity contribution is 0.0171. The molecule has 106 valence electrons. The van der Waals surface area contributed by atoms with Crippen LogP contribution in [0.5, 0.6) is 0 Å². The minimum absolute atomic E-state index is 0.204. The summed E-state index contributed by atoms with van der Waals surface area (Å²) in [5.74, 6) is 0.748. The molecule has 0 aromatic heterocycles. The van der Waals surface area contributed by atoms with Gasteiger partial charge in [-0.3, -0.25) is 0 Å². The van der Waals surface area contributed by atoms with Crippen molar-refractivity contribution in [3.63, 3.8) is 0 Å². The molecule has 1 rings (SSSR count). The van der Waals surface area contributed by atoms with Gasteiger partial charge in [-0.1, -0.05) is 0 Å². The first-order valence-electron chi connectivity index (χ1n) is 6.99. The van der Waals surface area contributed by atoms with Crippen molar-refractivity contribution in [3.05, 3.63) is 0 Å². The SMILES string of the molecule is CN(C(=O)OC(C)(C)C)[C@H]1CC[C@@H](CCN)CC1. The lowest BCUT2D eigenvalue weighted by Crippen LogP contribution is -2.42. The van der Waals surface area contributed by atoms with Crippen LogP contribution in [-0.2, 0) is 4.74 Å². The first-order chi connectivity index (χ1) is 8.33. The lowest BCUT2D eigenvalue weighted by Gasteiger charge is -2.35. The molecule has 0 radical (unpaired) electrons. The fourth-order valence-corrected chi connectivity index (χ4v) is 2.54. The van der Waals surface area contributed by atoms with Crippen molar-refractivity contribution in [1.29, 1.82) is 0 Å². The zero-order valence-electron chi connectivity index (χ0n) is 12.2. The largest absolute Gasteiger partial charge is 0.444 e. The molecule has 4 heteroatoms. The van der Waals surface area contributed by atoms with Crippen molar-refractivity contribution >= 4 is 6.09 Å². The van der Waals surface area contributed by atoms with Crippen LogP contribution in [0.15, 0.2) is 0 Å². The summed E-state index contributed by atoms with van der Waals surface area (Å²) in [5, 5.41) is 0. The van der Waals surface area contributed by atoms with Crippen molar-refractivity contribution in [1.82, 2.24) is 4.90 Å². The van der Waals surface area contributed by atoms with Gasteiger partial charge in [0.25, 0.3) is 0 Å². The molecule has 0 aliphatic heterocycles. The summed E-state index contributed by atoms with van der Waals surface area (Å²) in [5.41, 5.74) is 5.17. The molecule has 0 saturated heterocycles. The molecular weight excluding hydrogens is 228 g/mol. The maximum Gasteiger partial charge on any atom is 0.410 e. The average molecular weight is 256 g/mol. The van der Waals surface area contributed by atoms with E-state index in [4.69, 9.17) is 10.5 Å². The topological polar surface area (TPSA) is 55.6 Å². The maximum atomic E-state index is 11.9. The van der Waals surface area contributed by atoms with E-state index in [9.17, 15) is 4.79 Å². The monoisotopic (exact) mass is 256 g/mol. The van der Waals surface area contributed by atoms with E-state index >= 15 is 0 Å². The number of ether oxygens (including phenoxy) is 1. The lowest BCUT2D eigenvalue weighted by atomic mass is 9.84. The highest BCUT2D eigenvalue weighted by atomic mass is 16.6. The second kappa shape index (κ2) is 6.41. The van der Waals surface area contributed by atoms with Crippen LogP contribution >= 0.6 is 0 Å². The van der Waals surface area contributed by atoms with Gasteiger partial charge in [0, 0.05) is 13.1 Å². The Balaban J connectivity index is 2.40. The van der Waals surface area contributed by atoms with E-state index in [-0.39, 0.29) is 6.09 Å². The van der Waals surface area contributed by atoms with E-state index in [1.807, 2.05) is 27.8 Å². The van der Waals surface area contributed by atoms with Crippen LogP contribution in [0.3, 0.4) is 0 Å². The molecule has 1 fully saturated rings. The Morgan fingerprint density at radius 1 is 1.28 bits per heavy atom. The first kappa shape index (κ1) is 15.3. The molecule has 0 heterocycles. The first-order valence-corrected chi connectivity index (χ1v) is 6.99. The number of carbonyl (C=O) groups excluding carboxylic acids is 1. The van der Waals surface area contributed by atoms with Crippen LogP contribution in [0, 0.1) is 5.92 Å². The zero-order valence-corrected chi connectivity index (χ0v) is 12.2. The molecule has 18 heavy (non-hydrogen) atoms. The Labute approximate surface area is 111 Å². The Kier molecular flexibility index (Phi) is 5.45. The van der Waals surface area contributed by atoms with Gasteiger partial charge in [-0.25, -0.2) is 4.79 Å². The molecule has 0 bridgehead atoms. The molecule has 1 aliphatic carbocycles. The number of amides is 1. The van der Waals surface area contributed by atoms with Crippen molar-refractivity contribution in [2.75, 3.05) is 13.6 Å². The second-order valence-electron chi connectivity index (χ2n) is 6.34. The minimum Gasteiger partial charge on any atom is -0.444 e. The van der Waals surface area contributed by atoms with E-state index in [0.717, 1.165) is 31.7 Å². The average Bonchev–Trinajstić information content (AvgIpc) is 2.27. The van der Waals surface area contributed by atoms with Crippen molar-refractivity contribution < 1.29 is 9.53 Å². The zero-order chi connectivity index (χ0) is 13.8. The van der Waals surface area contributed by atoms with Crippen LogP contribution in [0.2, 0.25) is 0 Å². The summed E-state index contributed by atoms with van der Waals surface area (Å²) in [6.07, 6.45) is 5.40. The van der Waals surface area contributed by atoms with Gasteiger partial charge in [0.1, 0.15) is 5.60 Å². The summed E-state index contributed by atoms with van der Waals surface area (Å²) >= 11 is 0. The van der Waals surface area contributed by atoms with E-state index < -0.39 is 5.60 Å². The summed E-state index contributed by atoms with van der Waals surface area (Å²) in [7, 11) is 1.85. The Bertz CT molecular complexity index is 265. The van der Waals surface area contributed by atoms with Crippen molar-refractivity contribution in [3.8, 4) is 0 Å². The van der Waals surface area contributed by atoms with Crippen LogP contribution in [0.4, 0.5) is 4.79 Å². The predicted octanol–water partition coefficient (Wildman–Crippen LogP) is 2.76. The van der Waals surface area contributed by atoms with Crippen LogP contribution in [0.1, 0.15) is 52.9 Å². The number of rotatable bonds is 3.